The molecule has 0 amide bonds. The number of rotatable bonds is 5. The molecule has 1 N–H and O–H groups in total. The molecule has 0 aliphatic carbocycles. The second kappa shape index (κ2) is 6.24. The average molecular weight is 223 g/mol. The van der Waals surface area contributed by atoms with E-state index in [1.54, 1.807) is 0 Å². The maximum Gasteiger partial charge on any atom is 0.126 e. The van der Waals surface area contributed by atoms with Crippen LogP contribution in [-0.4, -0.2) is 6.54 Å². The van der Waals surface area contributed by atoms with Crippen molar-refractivity contribution >= 4 is 0 Å². The van der Waals surface area contributed by atoms with Crippen molar-refractivity contribution in [2.24, 2.45) is 0 Å². The summed E-state index contributed by atoms with van der Waals surface area (Å²) >= 11 is 0. The van der Waals surface area contributed by atoms with E-state index < -0.39 is 11.6 Å². The van der Waals surface area contributed by atoms with E-state index in [4.69, 9.17) is 6.42 Å². The van der Waals surface area contributed by atoms with Gasteiger partial charge in [-0.2, -0.15) is 0 Å². The Labute approximate surface area is 94.9 Å². The highest BCUT2D eigenvalue weighted by Crippen LogP contribution is 2.19. The number of hydrogen-bond acceptors (Lipinski definition) is 1. The molecule has 0 aromatic heterocycles. The third-order valence-electron chi connectivity index (χ3n) is 2.25. The highest BCUT2D eigenvalue weighted by Gasteiger charge is 2.11. The minimum atomic E-state index is -0.574. The van der Waals surface area contributed by atoms with E-state index >= 15 is 0 Å². The van der Waals surface area contributed by atoms with Gasteiger partial charge in [-0.3, -0.25) is 0 Å². The topological polar surface area (TPSA) is 12.0 Å². The van der Waals surface area contributed by atoms with Gasteiger partial charge in [-0.25, -0.2) is 8.78 Å². The number of halogens is 2. The van der Waals surface area contributed by atoms with Crippen molar-refractivity contribution in [1.82, 2.24) is 5.32 Å². The lowest BCUT2D eigenvalue weighted by molar-refractivity contribution is 0.525. The summed E-state index contributed by atoms with van der Waals surface area (Å²) in [6.45, 7) is 2.79. The number of terminal acetylenes is 1. The maximum atomic E-state index is 13.0. The Morgan fingerprint density at radius 1 is 1.31 bits per heavy atom. The Morgan fingerprint density at radius 2 is 1.94 bits per heavy atom. The molecule has 16 heavy (non-hydrogen) atoms. The van der Waals surface area contributed by atoms with Crippen LogP contribution >= 0.6 is 0 Å². The zero-order chi connectivity index (χ0) is 12.0. The van der Waals surface area contributed by atoms with Gasteiger partial charge in [-0.15, -0.1) is 12.3 Å². The summed E-state index contributed by atoms with van der Waals surface area (Å²) in [5.74, 6) is 1.36. The Kier molecular flexibility index (Phi) is 4.94. The van der Waals surface area contributed by atoms with Crippen LogP contribution in [0.5, 0.6) is 0 Å². The molecule has 0 aliphatic heterocycles. The van der Waals surface area contributed by atoms with Gasteiger partial charge in [0, 0.05) is 18.5 Å². The SMILES string of the molecule is C#CCC(NCCC)c1cc(F)cc(F)c1. The van der Waals surface area contributed by atoms with Crippen molar-refractivity contribution in [3.05, 3.63) is 35.4 Å². The average Bonchev–Trinajstić information content (AvgIpc) is 2.22. The van der Waals surface area contributed by atoms with E-state index in [0.29, 0.717) is 12.0 Å². The first-order chi connectivity index (χ1) is 7.67. The predicted octanol–water partition coefficient (Wildman–Crippen LogP) is 3.03. The van der Waals surface area contributed by atoms with Gasteiger partial charge in [0.15, 0.2) is 0 Å². The van der Waals surface area contributed by atoms with Crippen LogP contribution in [0.1, 0.15) is 31.4 Å². The first-order valence-electron chi connectivity index (χ1n) is 5.30. The summed E-state index contributed by atoms with van der Waals surface area (Å²) in [5, 5.41) is 3.17. The molecule has 1 aromatic rings. The molecule has 1 rings (SSSR count). The summed E-state index contributed by atoms with van der Waals surface area (Å²) in [7, 11) is 0. The molecule has 0 saturated carbocycles. The normalized spacial score (nSPS) is 12.1. The standard InChI is InChI=1S/C13H15F2N/c1-3-5-13(16-6-4-2)10-7-11(14)9-12(15)8-10/h1,7-9,13,16H,4-6H2,2H3. The highest BCUT2D eigenvalue weighted by molar-refractivity contribution is 5.22. The van der Waals surface area contributed by atoms with Gasteiger partial charge in [0.1, 0.15) is 11.6 Å². The third-order valence-corrected chi connectivity index (χ3v) is 2.25. The van der Waals surface area contributed by atoms with E-state index in [1.807, 2.05) is 6.92 Å². The quantitative estimate of drug-likeness (QED) is 0.756. The molecule has 1 nitrogen and oxygen atoms in total. The molecule has 0 saturated heterocycles. The van der Waals surface area contributed by atoms with Crippen LogP contribution in [0.25, 0.3) is 0 Å². The molecule has 0 bridgehead atoms. The summed E-state index contributed by atoms with van der Waals surface area (Å²) in [4.78, 5) is 0. The second-order valence-corrected chi connectivity index (χ2v) is 3.62. The predicted molar refractivity (Wildman–Crippen MR) is 60.8 cm³/mol. The van der Waals surface area contributed by atoms with E-state index in [1.165, 1.54) is 12.1 Å². The van der Waals surface area contributed by atoms with Gasteiger partial charge in [0.25, 0.3) is 0 Å². The Balaban J connectivity index is 2.87. The van der Waals surface area contributed by atoms with Crippen LogP contribution in [0.3, 0.4) is 0 Å². The molecule has 1 aromatic carbocycles. The maximum absolute atomic E-state index is 13.0. The van der Waals surface area contributed by atoms with Gasteiger partial charge in [0.2, 0.25) is 0 Å². The first kappa shape index (κ1) is 12.7. The summed E-state index contributed by atoms with van der Waals surface area (Å²) in [5.41, 5.74) is 0.559. The molecule has 0 heterocycles. The van der Waals surface area contributed by atoms with Crippen molar-refractivity contribution in [1.29, 1.82) is 0 Å². The molecule has 1 atom stereocenters. The van der Waals surface area contributed by atoms with Crippen LogP contribution < -0.4 is 5.32 Å². The zero-order valence-corrected chi connectivity index (χ0v) is 9.26. The second-order valence-electron chi connectivity index (χ2n) is 3.62. The molecule has 0 spiro atoms. The van der Waals surface area contributed by atoms with Crippen LogP contribution in [0.2, 0.25) is 0 Å². The lowest BCUT2D eigenvalue weighted by Gasteiger charge is -2.16. The van der Waals surface area contributed by atoms with E-state index in [-0.39, 0.29) is 6.04 Å². The van der Waals surface area contributed by atoms with Crippen LogP contribution in [-0.2, 0) is 0 Å². The molecule has 0 fully saturated rings. The molecule has 1 unspecified atom stereocenters. The van der Waals surface area contributed by atoms with Crippen LogP contribution in [0.15, 0.2) is 18.2 Å². The lowest BCUT2D eigenvalue weighted by Crippen LogP contribution is -2.22. The van der Waals surface area contributed by atoms with E-state index in [9.17, 15) is 8.78 Å². The fourth-order valence-electron chi connectivity index (χ4n) is 1.52. The van der Waals surface area contributed by atoms with Crippen molar-refractivity contribution in [2.45, 2.75) is 25.8 Å². The van der Waals surface area contributed by atoms with E-state index in [2.05, 4.69) is 11.2 Å². The van der Waals surface area contributed by atoms with Gasteiger partial charge < -0.3 is 5.32 Å². The minimum absolute atomic E-state index is 0.185. The molecule has 3 heteroatoms. The monoisotopic (exact) mass is 223 g/mol. The fraction of sp³-hybridized carbons (Fsp3) is 0.385. The number of nitrogens with one attached hydrogen (secondary N) is 1. The molecular formula is C13H15F2N. The number of hydrogen-bond donors (Lipinski definition) is 1. The van der Waals surface area contributed by atoms with E-state index in [0.717, 1.165) is 19.0 Å². The van der Waals surface area contributed by atoms with Gasteiger partial charge in [-0.05, 0) is 30.7 Å². The summed E-state index contributed by atoms with van der Waals surface area (Å²) in [6, 6.07) is 3.30. The Hall–Kier alpha value is -1.40. The fourth-order valence-corrected chi connectivity index (χ4v) is 1.52. The first-order valence-corrected chi connectivity index (χ1v) is 5.30. The summed E-state index contributed by atoms with van der Waals surface area (Å²) < 4.78 is 26.1. The largest absolute Gasteiger partial charge is 0.309 e. The smallest absolute Gasteiger partial charge is 0.126 e. The Bertz CT molecular complexity index is 362. The molecule has 0 aliphatic rings. The van der Waals surface area contributed by atoms with Crippen molar-refractivity contribution < 1.29 is 8.78 Å². The van der Waals surface area contributed by atoms with Crippen molar-refractivity contribution in [3.8, 4) is 12.3 Å². The molecule has 86 valence electrons. The van der Waals surface area contributed by atoms with Gasteiger partial charge in [-0.1, -0.05) is 6.92 Å². The van der Waals surface area contributed by atoms with Gasteiger partial charge in [0.05, 0.1) is 0 Å². The van der Waals surface area contributed by atoms with Crippen molar-refractivity contribution in [3.63, 3.8) is 0 Å². The van der Waals surface area contributed by atoms with Gasteiger partial charge >= 0.3 is 0 Å². The minimum Gasteiger partial charge on any atom is -0.309 e. The van der Waals surface area contributed by atoms with Crippen LogP contribution in [0.4, 0.5) is 8.78 Å². The zero-order valence-electron chi connectivity index (χ0n) is 9.26. The van der Waals surface area contributed by atoms with Crippen LogP contribution in [0, 0.1) is 24.0 Å². The highest BCUT2D eigenvalue weighted by atomic mass is 19.1. The Morgan fingerprint density at radius 3 is 2.44 bits per heavy atom. The third kappa shape index (κ3) is 3.63. The van der Waals surface area contributed by atoms with Crippen molar-refractivity contribution in [2.75, 3.05) is 6.54 Å². The lowest BCUT2D eigenvalue weighted by atomic mass is 10.0. The summed E-state index contributed by atoms with van der Waals surface area (Å²) in [6.07, 6.45) is 6.60. The number of benzene rings is 1. The molecule has 0 radical (unpaired) electrons. The molecular weight excluding hydrogens is 208 g/mol.